The van der Waals surface area contributed by atoms with Gasteiger partial charge in [-0.1, -0.05) is 31.2 Å². The molecule has 2 aliphatic rings. The predicted molar refractivity (Wildman–Crippen MR) is 80.4 cm³/mol. The Labute approximate surface area is 117 Å². The van der Waals surface area contributed by atoms with Crippen molar-refractivity contribution in [3.05, 3.63) is 35.4 Å². The topological polar surface area (TPSA) is 15.3 Å². The van der Waals surface area contributed by atoms with E-state index in [1.807, 2.05) is 0 Å². The van der Waals surface area contributed by atoms with Crippen molar-refractivity contribution >= 4 is 0 Å². The predicted octanol–water partition coefficient (Wildman–Crippen LogP) is 3.14. The van der Waals surface area contributed by atoms with Crippen LogP contribution in [0.1, 0.15) is 49.8 Å². The van der Waals surface area contributed by atoms with Crippen molar-refractivity contribution in [1.82, 2.24) is 10.2 Å². The number of rotatable bonds is 4. The van der Waals surface area contributed by atoms with E-state index < -0.39 is 0 Å². The first kappa shape index (κ1) is 13.1. The van der Waals surface area contributed by atoms with Crippen molar-refractivity contribution in [3.8, 4) is 0 Å². The van der Waals surface area contributed by atoms with Crippen LogP contribution < -0.4 is 5.32 Å². The number of nitrogens with one attached hydrogen (secondary N) is 1. The number of benzene rings is 1. The molecule has 1 saturated heterocycles. The molecule has 0 radical (unpaired) electrons. The van der Waals surface area contributed by atoms with Crippen LogP contribution in [0.5, 0.6) is 0 Å². The molecular weight excluding hydrogens is 232 g/mol. The van der Waals surface area contributed by atoms with E-state index in [1.165, 1.54) is 45.2 Å². The molecule has 0 saturated carbocycles. The number of likely N-dealkylation sites (N-methyl/N-ethyl adjacent to an activating group) is 1. The van der Waals surface area contributed by atoms with Crippen LogP contribution in [-0.4, -0.2) is 30.6 Å². The zero-order valence-electron chi connectivity index (χ0n) is 12.1. The summed E-state index contributed by atoms with van der Waals surface area (Å²) in [7, 11) is 0. The second-order valence-electron chi connectivity index (χ2n) is 5.99. The maximum atomic E-state index is 3.64. The van der Waals surface area contributed by atoms with Gasteiger partial charge in [-0.25, -0.2) is 0 Å². The van der Waals surface area contributed by atoms with Crippen molar-refractivity contribution in [3.63, 3.8) is 0 Å². The Hall–Kier alpha value is -0.860. The zero-order valence-corrected chi connectivity index (χ0v) is 12.1. The lowest BCUT2D eigenvalue weighted by Crippen LogP contribution is -2.40. The molecule has 1 heterocycles. The normalized spacial score (nSPS) is 26.6. The van der Waals surface area contributed by atoms with Crippen molar-refractivity contribution in [2.24, 2.45) is 0 Å². The van der Waals surface area contributed by atoms with E-state index in [0.29, 0.717) is 12.1 Å². The summed E-state index contributed by atoms with van der Waals surface area (Å²) >= 11 is 0. The van der Waals surface area contributed by atoms with E-state index in [4.69, 9.17) is 0 Å². The van der Waals surface area contributed by atoms with Gasteiger partial charge in [0.2, 0.25) is 0 Å². The molecule has 1 aromatic rings. The molecule has 3 rings (SSSR count). The zero-order chi connectivity index (χ0) is 13.1. The molecule has 2 nitrogen and oxygen atoms in total. The van der Waals surface area contributed by atoms with Gasteiger partial charge in [0.05, 0.1) is 0 Å². The average molecular weight is 258 g/mol. The third-order valence-electron chi connectivity index (χ3n) is 4.80. The summed E-state index contributed by atoms with van der Waals surface area (Å²) in [5, 5.41) is 3.64. The Morgan fingerprint density at radius 1 is 1.21 bits per heavy atom. The standard InChI is InChI=1S/C17H26N2/c1-2-19(13-15-9-6-12-18-15)17-11-5-8-14-7-3-4-10-16(14)17/h3-4,7,10,15,17-18H,2,5-6,8-9,11-13H2,1H3. The van der Waals surface area contributed by atoms with E-state index in [2.05, 4.69) is 41.4 Å². The quantitative estimate of drug-likeness (QED) is 0.892. The molecule has 0 bridgehead atoms. The summed E-state index contributed by atoms with van der Waals surface area (Å²) in [5.74, 6) is 0. The maximum Gasteiger partial charge on any atom is 0.0351 e. The molecule has 1 fully saturated rings. The molecule has 2 unspecified atom stereocenters. The Balaban J connectivity index is 1.76. The van der Waals surface area contributed by atoms with E-state index in [0.717, 1.165) is 6.54 Å². The largest absolute Gasteiger partial charge is 0.313 e. The van der Waals surface area contributed by atoms with E-state index in [9.17, 15) is 0 Å². The van der Waals surface area contributed by atoms with Gasteiger partial charge in [-0.3, -0.25) is 4.90 Å². The lowest BCUT2D eigenvalue weighted by Gasteiger charge is -2.36. The van der Waals surface area contributed by atoms with Gasteiger partial charge in [-0.05, 0) is 56.3 Å². The number of fused-ring (bicyclic) bond motifs is 1. The van der Waals surface area contributed by atoms with Gasteiger partial charge in [0, 0.05) is 18.6 Å². The van der Waals surface area contributed by atoms with Crippen LogP contribution in [0.2, 0.25) is 0 Å². The van der Waals surface area contributed by atoms with Crippen LogP contribution in [0.15, 0.2) is 24.3 Å². The highest BCUT2D eigenvalue weighted by Crippen LogP contribution is 2.34. The molecule has 2 heteroatoms. The van der Waals surface area contributed by atoms with Gasteiger partial charge >= 0.3 is 0 Å². The monoisotopic (exact) mass is 258 g/mol. The molecule has 2 atom stereocenters. The second-order valence-corrected chi connectivity index (χ2v) is 5.99. The van der Waals surface area contributed by atoms with Crippen LogP contribution >= 0.6 is 0 Å². The Kier molecular flexibility index (Phi) is 4.19. The van der Waals surface area contributed by atoms with Crippen molar-refractivity contribution in [2.45, 2.75) is 51.1 Å². The minimum absolute atomic E-state index is 0.650. The fourth-order valence-electron chi connectivity index (χ4n) is 3.78. The molecule has 1 aliphatic carbocycles. The Morgan fingerprint density at radius 2 is 2.11 bits per heavy atom. The van der Waals surface area contributed by atoms with E-state index >= 15 is 0 Å². The highest BCUT2D eigenvalue weighted by molar-refractivity contribution is 5.32. The van der Waals surface area contributed by atoms with Crippen LogP contribution in [0.25, 0.3) is 0 Å². The minimum atomic E-state index is 0.650. The number of hydrogen-bond donors (Lipinski definition) is 1. The van der Waals surface area contributed by atoms with Crippen molar-refractivity contribution < 1.29 is 0 Å². The van der Waals surface area contributed by atoms with Gasteiger partial charge in [-0.2, -0.15) is 0 Å². The summed E-state index contributed by atoms with van der Waals surface area (Å²) in [6.45, 7) is 5.91. The van der Waals surface area contributed by atoms with Crippen LogP contribution in [0, 0.1) is 0 Å². The summed E-state index contributed by atoms with van der Waals surface area (Å²) in [5.41, 5.74) is 3.17. The SMILES string of the molecule is CCN(CC1CCCN1)C1CCCc2ccccc21. The highest BCUT2D eigenvalue weighted by atomic mass is 15.2. The summed E-state index contributed by atoms with van der Waals surface area (Å²) in [6, 6.07) is 10.4. The van der Waals surface area contributed by atoms with Gasteiger partial charge in [-0.15, -0.1) is 0 Å². The number of hydrogen-bond acceptors (Lipinski definition) is 2. The van der Waals surface area contributed by atoms with Gasteiger partial charge in [0.15, 0.2) is 0 Å². The molecule has 1 N–H and O–H groups in total. The first-order chi connectivity index (χ1) is 9.38. The van der Waals surface area contributed by atoms with Gasteiger partial charge in [0.1, 0.15) is 0 Å². The maximum absolute atomic E-state index is 3.64. The highest BCUT2D eigenvalue weighted by Gasteiger charge is 2.27. The van der Waals surface area contributed by atoms with Gasteiger partial charge < -0.3 is 5.32 Å². The Bertz CT molecular complexity index is 409. The van der Waals surface area contributed by atoms with Crippen LogP contribution in [0.3, 0.4) is 0 Å². The fourth-order valence-corrected chi connectivity index (χ4v) is 3.78. The third kappa shape index (κ3) is 2.85. The molecule has 1 aromatic carbocycles. The van der Waals surface area contributed by atoms with E-state index in [1.54, 1.807) is 11.1 Å². The summed E-state index contributed by atoms with van der Waals surface area (Å²) in [4.78, 5) is 2.70. The van der Waals surface area contributed by atoms with Gasteiger partial charge in [0.25, 0.3) is 0 Å². The second kappa shape index (κ2) is 6.06. The molecule has 0 aromatic heterocycles. The third-order valence-corrected chi connectivity index (χ3v) is 4.80. The molecule has 19 heavy (non-hydrogen) atoms. The fraction of sp³-hybridized carbons (Fsp3) is 0.647. The molecule has 0 amide bonds. The molecular formula is C17H26N2. The molecule has 104 valence electrons. The van der Waals surface area contributed by atoms with Crippen LogP contribution in [0.4, 0.5) is 0 Å². The Morgan fingerprint density at radius 3 is 2.89 bits per heavy atom. The number of aryl methyl sites for hydroxylation is 1. The number of nitrogens with zero attached hydrogens (tertiary/aromatic N) is 1. The van der Waals surface area contributed by atoms with Crippen molar-refractivity contribution in [2.75, 3.05) is 19.6 Å². The average Bonchev–Trinajstić information content (AvgIpc) is 2.97. The lowest BCUT2D eigenvalue weighted by molar-refractivity contribution is 0.172. The summed E-state index contributed by atoms with van der Waals surface area (Å²) < 4.78 is 0. The van der Waals surface area contributed by atoms with Crippen molar-refractivity contribution in [1.29, 1.82) is 0 Å². The lowest BCUT2D eigenvalue weighted by atomic mass is 9.86. The first-order valence-electron chi connectivity index (χ1n) is 7.93. The van der Waals surface area contributed by atoms with E-state index in [-0.39, 0.29) is 0 Å². The molecule has 0 spiro atoms. The van der Waals surface area contributed by atoms with Crippen LogP contribution in [-0.2, 0) is 6.42 Å². The molecule has 1 aliphatic heterocycles. The summed E-state index contributed by atoms with van der Waals surface area (Å²) in [6.07, 6.45) is 6.65. The smallest absolute Gasteiger partial charge is 0.0351 e. The minimum Gasteiger partial charge on any atom is -0.313 e. The first-order valence-corrected chi connectivity index (χ1v) is 7.93.